The Morgan fingerprint density at radius 1 is 1.32 bits per heavy atom. The lowest BCUT2D eigenvalue weighted by atomic mass is 10.1. The number of hydrogen-bond donors (Lipinski definition) is 1. The van der Waals surface area contributed by atoms with E-state index in [-0.39, 0.29) is 18.9 Å². The normalized spacial score (nSPS) is 14.8. The van der Waals surface area contributed by atoms with E-state index in [0.717, 1.165) is 18.7 Å². The van der Waals surface area contributed by atoms with Crippen molar-refractivity contribution in [2.24, 2.45) is 0 Å². The molecule has 7 nitrogen and oxygen atoms in total. The highest BCUT2D eigenvalue weighted by atomic mass is 16.5. The number of rotatable bonds is 6. The topological polar surface area (TPSA) is 95.0 Å². The molecule has 1 aliphatic heterocycles. The second-order valence-corrected chi connectivity index (χ2v) is 6.16. The van der Waals surface area contributed by atoms with Gasteiger partial charge in [-0.1, -0.05) is 23.7 Å². The number of carbonyl (C=O) groups excluding carboxylic acids is 1. The van der Waals surface area contributed by atoms with Gasteiger partial charge in [-0.2, -0.15) is 10.2 Å². The molecule has 1 amide bonds. The standard InChI is InChI=1S/C18H21N5O2/c19-8-7-14-5-4-6-15(11-14)18(24)20-12-17-21-16(22-25-17)13-23-9-2-1-3-10-23/h4-6,11H,1-3,7,9-10,12-13H2,(H,20,24). The van der Waals surface area contributed by atoms with Gasteiger partial charge in [0.05, 0.1) is 25.6 Å². The number of benzene rings is 1. The molecule has 130 valence electrons. The van der Waals surface area contributed by atoms with Crippen molar-refractivity contribution in [3.05, 3.63) is 47.1 Å². The maximum Gasteiger partial charge on any atom is 0.251 e. The summed E-state index contributed by atoms with van der Waals surface area (Å²) in [5.74, 6) is 0.825. The Balaban J connectivity index is 1.52. The molecule has 2 aromatic rings. The van der Waals surface area contributed by atoms with Crippen LogP contribution in [-0.4, -0.2) is 34.0 Å². The Hall–Kier alpha value is -2.72. The summed E-state index contributed by atoms with van der Waals surface area (Å²) < 4.78 is 5.21. The van der Waals surface area contributed by atoms with Gasteiger partial charge in [-0.3, -0.25) is 9.69 Å². The van der Waals surface area contributed by atoms with Crippen LogP contribution >= 0.6 is 0 Å². The second kappa shape index (κ2) is 8.40. The zero-order chi connectivity index (χ0) is 17.5. The van der Waals surface area contributed by atoms with Crippen LogP contribution in [0, 0.1) is 11.3 Å². The highest BCUT2D eigenvalue weighted by Crippen LogP contribution is 2.11. The van der Waals surface area contributed by atoms with Crippen molar-refractivity contribution in [1.82, 2.24) is 20.4 Å². The first kappa shape index (κ1) is 17.1. The van der Waals surface area contributed by atoms with Crippen molar-refractivity contribution in [2.75, 3.05) is 13.1 Å². The summed E-state index contributed by atoms with van der Waals surface area (Å²) >= 11 is 0. The highest BCUT2D eigenvalue weighted by molar-refractivity contribution is 5.94. The molecule has 0 saturated carbocycles. The van der Waals surface area contributed by atoms with E-state index >= 15 is 0 Å². The van der Waals surface area contributed by atoms with Crippen LogP contribution in [0.3, 0.4) is 0 Å². The number of nitrogens with one attached hydrogen (secondary N) is 1. The number of aromatic nitrogens is 2. The summed E-state index contributed by atoms with van der Waals surface area (Å²) in [6.45, 7) is 3.02. The van der Waals surface area contributed by atoms with E-state index in [0.29, 0.717) is 23.8 Å². The maximum atomic E-state index is 12.2. The third-order valence-electron chi connectivity index (χ3n) is 4.20. The summed E-state index contributed by atoms with van der Waals surface area (Å²) in [6.07, 6.45) is 4.00. The molecule has 1 saturated heterocycles. The fourth-order valence-corrected chi connectivity index (χ4v) is 2.92. The predicted octanol–water partition coefficient (Wildman–Crippen LogP) is 2.05. The van der Waals surface area contributed by atoms with E-state index in [1.807, 2.05) is 6.07 Å². The summed E-state index contributed by atoms with van der Waals surface area (Å²) in [7, 11) is 0. The van der Waals surface area contributed by atoms with E-state index in [2.05, 4.69) is 26.4 Å². The van der Waals surface area contributed by atoms with Gasteiger partial charge in [0.25, 0.3) is 5.91 Å². The van der Waals surface area contributed by atoms with Crippen LogP contribution in [0.5, 0.6) is 0 Å². The lowest BCUT2D eigenvalue weighted by Crippen LogP contribution is -2.29. The smallest absolute Gasteiger partial charge is 0.251 e. The van der Waals surface area contributed by atoms with E-state index in [9.17, 15) is 4.79 Å². The molecule has 1 aromatic heterocycles. The number of likely N-dealkylation sites (tertiary alicyclic amines) is 1. The molecule has 0 aliphatic carbocycles. The van der Waals surface area contributed by atoms with Gasteiger partial charge in [0.1, 0.15) is 0 Å². The Morgan fingerprint density at radius 2 is 2.16 bits per heavy atom. The van der Waals surface area contributed by atoms with Gasteiger partial charge in [-0.05, 0) is 43.6 Å². The third kappa shape index (κ3) is 4.88. The Morgan fingerprint density at radius 3 is 2.96 bits per heavy atom. The largest absolute Gasteiger partial charge is 0.343 e. The van der Waals surface area contributed by atoms with Crippen LogP contribution in [0.25, 0.3) is 0 Å². The monoisotopic (exact) mass is 339 g/mol. The number of hydrogen-bond acceptors (Lipinski definition) is 6. The fraction of sp³-hybridized carbons (Fsp3) is 0.444. The molecule has 0 spiro atoms. The molecule has 0 bridgehead atoms. The molecule has 7 heteroatoms. The van der Waals surface area contributed by atoms with Crippen LogP contribution < -0.4 is 5.32 Å². The van der Waals surface area contributed by atoms with Crippen LogP contribution in [-0.2, 0) is 19.5 Å². The van der Waals surface area contributed by atoms with Gasteiger partial charge in [-0.15, -0.1) is 0 Å². The van der Waals surface area contributed by atoms with Gasteiger partial charge in [0.2, 0.25) is 5.89 Å². The molecule has 25 heavy (non-hydrogen) atoms. The average molecular weight is 339 g/mol. The molecule has 0 atom stereocenters. The Kier molecular flexibility index (Phi) is 5.75. The minimum absolute atomic E-state index is 0.189. The number of amides is 1. The molecule has 1 N–H and O–H groups in total. The minimum Gasteiger partial charge on any atom is -0.343 e. The van der Waals surface area contributed by atoms with Crippen molar-refractivity contribution in [3.8, 4) is 6.07 Å². The molecule has 1 aromatic carbocycles. The van der Waals surface area contributed by atoms with Gasteiger partial charge < -0.3 is 9.84 Å². The molecule has 1 fully saturated rings. The Bertz CT molecular complexity index is 759. The number of nitriles is 1. The number of carbonyl (C=O) groups is 1. The van der Waals surface area contributed by atoms with Crippen molar-refractivity contribution in [1.29, 1.82) is 5.26 Å². The molecular weight excluding hydrogens is 318 g/mol. The highest BCUT2D eigenvalue weighted by Gasteiger charge is 2.15. The fourth-order valence-electron chi connectivity index (χ4n) is 2.92. The lowest BCUT2D eigenvalue weighted by Gasteiger charge is -2.24. The van der Waals surface area contributed by atoms with E-state index in [4.69, 9.17) is 9.78 Å². The van der Waals surface area contributed by atoms with Crippen LogP contribution in [0.2, 0.25) is 0 Å². The van der Waals surface area contributed by atoms with Crippen molar-refractivity contribution in [3.63, 3.8) is 0 Å². The molecule has 2 heterocycles. The van der Waals surface area contributed by atoms with Crippen LogP contribution in [0.1, 0.15) is 46.9 Å². The molecule has 3 rings (SSSR count). The molecule has 0 radical (unpaired) electrons. The lowest BCUT2D eigenvalue weighted by molar-refractivity contribution is 0.0946. The van der Waals surface area contributed by atoms with Gasteiger partial charge in [0.15, 0.2) is 5.82 Å². The number of nitrogens with zero attached hydrogens (tertiary/aromatic N) is 4. The SMILES string of the molecule is N#CCc1cccc(C(=O)NCc2nc(CN3CCCCC3)no2)c1. The second-order valence-electron chi connectivity index (χ2n) is 6.16. The summed E-state index contributed by atoms with van der Waals surface area (Å²) in [6, 6.07) is 9.10. The van der Waals surface area contributed by atoms with Crippen LogP contribution in [0.15, 0.2) is 28.8 Å². The van der Waals surface area contributed by atoms with Crippen molar-refractivity contribution in [2.45, 2.75) is 38.8 Å². The first-order valence-corrected chi connectivity index (χ1v) is 8.52. The van der Waals surface area contributed by atoms with Crippen molar-refractivity contribution >= 4 is 5.91 Å². The summed E-state index contributed by atoms with van der Waals surface area (Å²) in [5, 5.41) is 15.5. The van der Waals surface area contributed by atoms with Gasteiger partial charge >= 0.3 is 0 Å². The quantitative estimate of drug-likeness (QED) is 0.865. The zero-order valence-corrected chi connectivity index (χ0v) is 14.1. The molecule has 0 unspecified atom stereocenters. The zero-order valence-electron chi connectivity index (χ0n) is 14.1. The van der Waals surface area contributed by atoms with Gasteiger partial charge in [0, 0.05) is 5.56 Å². The van der Waals surface area contributed by atoms with Gasteiger partial charge in [-0.25, -0.2) is 0 Å². The minimum atomic E-state index is -0.226. The first-order valence-electron chi connectivity index (χ1n) is 8.52. The average Bonchev–Trinajstić information content (AvgIpc) is 3.08. The predicted molar refractivity (Wildman–Crippen MR) is 90.4 cm³/mol. The van der Waals surface area contributed by atoms with E-state index < -0.39 is 0 Å². The molecular formula is C18H21N5O2. The van der Waals surface area contributed by atoms with E-state index in [1.165, 1.54) is 19.3 Å². The third-order valence-corrected chi connectivity index (χ3v) is 4.20. The summed E-state index contributed by atoms with van der Waals surface area (Å²) in [5.41, 5.74) is 1.33. The van der Waals surface area contributed by atoms with E-state index in [1.54, 1.807) is 18.2 Å². The number of piperidine rings is 1. The summed E-state index contributed by atoms with van der Waals surface area (Å²) in [4.78, 5) is 18.9. The molecule has 1 aliphatic rings. The van der Waals surface area contributed by atoms with Crippen molar-refractivity contribution < 1.29 is 9.32 Å². The maximum absolute atomic E-state index is 12.2. The Labute approximate surface area is 146 Å². The first-order chi connectivity index (χ1) is 12.2. The van der Waals surface area contributed by atoms with Crippen LogP contribution in [0.4, 0.5) is 0 Å².